The molecule has 0 radical (unpaired) electrons. The number of nitrogens with one attached hydrogen (secondary N) is 1. The first-order valence-corrected chi connectivity index (χ1v) is 8.99. The van der Waals surface area contributed by atoms with Crippen molar-refractivity contribution >= 4 is 16.9 Å². The van der Waals surface area contributed by atoms with E-state index in [9.17, 15) is 4.79 Å². The molecule has 0 unspecified atom stereocenters. The minimum atomic E-state index is -0.310. The van der Waals surface area contributed by atoms with Gasteiger partial charge >= 0.3 is 5.97 Å². The Morgan fingerprint density at radius 3 is 2.56 bits per heavy atom. The minimum absolute atomic E-state index is 0.310. The number of benzene rings is 3. The van der Waals surface area contributed by atoms with Gasteiger partial charge in [-0.3, -0.25) is 0 Å². The number of carbonyl (C=O) groups excluding carboxylic acids is 1. The summed E-state index contributed by atoms with van der Waals surface area (Å²) in [4.78, 5) is 15.5. The Hall–Kier alpha value is -3.33. The van der Waals surface area contributed by atoms with Crippen molar-refractivity contribution in [3.05, 3.63) is 95.1 Å². The largest absolute Gasteiger partial charge is 0.465 e. The van der Waals surface area contributed by atoms with Gasteiger partial charge < -0.3 is 9.72 Å². The molecule has 3 aromatic carbocycles. The monoisotopic (exact) mass is 355 g/mol. The van der Waals surface area contributed by atoms with Gasteiger partial charge in [-0.05, 0) is 47.4 Å². The number of hydrogen-bond donors (Lipinski definition) is 1. The highest BCUT2D eigenvalue weighted by Crippen LogP contribution is 2.32. The van der Waals surface area contributed by atoms with Crippen molar-refractivity contribution in [1.29, 1.82) is 0 Å². The van der Waals surface area contributed by atoms with Gasteiger partial charge in [0.25, 0.3) is 0 Å². The highest BCUT2D eigenvalue weighted by Gasteiger charge is 2.15. The fourth-order valence-electron chi connectivity index (χ4n) is 3.53. The molecule has 0 amide bonds. The second kappa shape index (κ2) is 7.12. The molecule has 1 N–H and O–H groups in total. The molecule has 0 spiro atoms. The number of hydrogen-bond acceptors (Lipinski definition) is 2. The van der Waals surface area contributed by atoms with Crippen LogP contribution in [0.1, 0.15) is 27.0 Å². The van der Waals surface area contributed by atoms with Gasteiger partial charge in [0, 0.05) is 17.3 Å². The number of esters is 1. The maximum atomic E-state index is 11.9. The first-order valence-electron chi connectivity index (χ1n) is 8.99. The molecule has 0 aliphatic carbocycles. The Morgan fingerprint density at radius 2 is 1.78 bits per heavy atom. The Kier molecular flexibility index (Phi) is 4.51. The Labute approximate surface area is 158 Å². The van der Waals surface area contributed by atoms with E-state index in [1.54, 1.807) is 6.07 Å². The zero-order valence-electron chi connectivity index (χ0n) is 15.5. The third kappa shape index (κ3) is 3.36. The highest BCUT2D eigenvalue weighted by atomic mass is 16.5. The van der Waals surface area contributed by atoms with E-state index in [1.165, 1.54) is 23.6 Å². The number of aromatic nitrogens is 1. The quantitative estimate of drug-likeness (QED) is 0.490. The molecule has 0 saturated carbocycles. The predicted octanol–water partition coefficient (Wildman–Crippen LogP) is 5.52. The Morgan fingerprint density at radius 1 is 0.963 bits per heavy atom. The number of carbonyl (C=O) groups is 1. The van der Waals surface area contributed by atoms with Crippen molar-refractivity contribution in [3.63, 3.8) is 0 Å². The summed E-state index contributed by atoms with van der Waals surface area (Å²) >= 11 is 0. The summed E-state index contributed by atoms with van der Waals surface area (Å²) in [6, 6.07) is 24.5. The number of ether oxygens (including phenoxy) is 1. The van der Waals surface area contributed by atoms with Crippen LogP contribution in [0, 0.1) is 6.92 Å². The van der Waals surface area contributed by atoms with Gasteiger partial charge in [-0.1, -0.05) is 54.6 Å². The molecular formula is C24H21NO2. The average molecular weight is 355 g/mol. The van der Waals surface area contributed by atoms with E-state index in [2.05, 4.69) is 42.2 Å². The topological polar surface area (TPSA) is 42.1 Å². The van der Waals surface area contributed by atoms with Gasteiger partial charge in [0.1, 0.15) is 0 Å². The number of rotatable bonds is 4. The molecule has 0 fully saturated rings. The lowest BCUT2D eigenvalue weighted by Crippen LogP contribution is -2.02. The van der Waals surface area contributed by atoms with Crippen molar-refractivity contribution in [1.82, 2.24) is 4.98 Å². The van der Waals surface area contributed by atoms with Crippen LogP contribution >= 0.6 is 0 Å². The van der Waals surface area contributed by atoms with Crippen LogP contribution in [0.4, 0.5) is 0 Å². The molecule has 3 nitrogen and oxygen atoms in total. The minimum Gasteiger partial charge on any atom is -0.465 e. The van der Waals surface area contributed by atoms with Gasteiger partial charge in [-0.2, -0.15) is 0 Å². The normalized spacial score (nSPS) is 10.9. The SMILES string of the molecule is COC(=O)c1cccc(Cc2c(-c3ccccc3)[nH]c3cc(C)ccc23)c1. The maximum Gasteiger partial charge on any atom is 0.337 e. The molecule has 27 heavy (non-hydrogen) atoms. The molecule has 1 aromatic heterocycles. The molecule has 0 saturated heterocycles. The third-order valence-corrected chi connectivity index (χ3v) is 4.85. The van der Waals surface area contributed by atoms with Gasteiger partial charge in [-0.25, -0.2) is 4.79 Å². The first kappa shape index (κ1) is 17.1. The van der Waals surface area contributed by atoms with Crippen molar-refractivity contribution in [2.45, 2.75) is 13.3 Å². The number of fused-ring (bicyclic) bond motifs is 1. The lowest BCUT2D eigenvalue weighted by molar-refractivity contribution is 0.0600. The predicted molar refractivity (Wildman–Crippen MR) is 109 cm³/mol. The molecular weight excluding hydrogens is 334 g/mol. The fraction of sp³-hybridized carbons (Fsp3) is 0.125. The van der Waals surface area contributed by atoms with E-state index in [4.69, 9.17) is 4.74 Å². The van der Waals surface area contributed by atoms with Crippen LogP contribution in [0.2, 0.25) is 0 Å². The van der Waals surface area contributed by atoms with E-state index in [-0.39, 0.29) is 5.97 Å². The molecule has 3 heteroatoms. The van der Waals surface area contributed by atoms with Crippen LogP contribution in [-0.2, 0) is 11.2 Å². The van der Waals surface area contributed by atoms with Crippen LogP contribution in [0.5, 0.6) is 0 Å². The number of H-pyrrole nitrogens is 1. The van der Waals surface area contributed by atoms with E-state index < -0.39 is 0 Å². The number of aromatic amines is 1. The molecule has 134 valence electrons. The van der Waals surface area contributed by atoms with Crippen molar-refractivity contribution in [2.24, 2.45) is 0 Å². The molecule has 1 heterocycles. The summed E-state index contributed by atoms with van der Waals surface area (Å²) in [5.74, 6) is -0.310. The van der Waals surface area contributed by atoms with Gasteiger partial charge in [-0.15, -0.1) is 0 Å². The average Bonchev–Trinajstić information content (AvgIpc) is 3.05. The molecule has 0 aliphatic heterocycles. The second-order valence-corrected chi connectivity index (χ2v) is 6.76. The van der Waals surface area contributed by atoms with Gasteiger partial charge in [0.2, 0.25) is 0 Å². The lowest BCUT2D eigenvalue weighted by atomic mass is 9.97. The van der Waals surface area contributed by atoms with Crippen LogP contribution in [-0.4, -0.2) is 18.1 Å². The smallest absolute Gasteiger partial charge is 0.337 e. The number of aryl methyl sites for hydroxylation is 1. The molecule has 0 bridgehead atoms. The summed E-state index contributed by atoms with van der Waals surface area (Å²) in [6.07, 6.45) is 0.734. The second-order valence-electron chi connectivity index (χ2n) is 6.76. The van der Waals surface area contributed by atoms with Crippen LogP contribution in [0.3, 0.4) is 0 Å². The van der Waals surface area contributed by atoms with Crippen molar-refractivity contribution in [2.75, 3.05) is 7.11 Å². The molecule has 0 aliphatic rings. The fourth-order valence-corrected chi connectivity index (χ4v) is 3.53. The summed E-state index contributed by atoms with van der Waals surface area (Å²) in [5.41, 5.74) is 7.53. The highest BCUT2D eigenvalue weighted by molar-refractivity contribution is 5.92. The van der Waals surface area contributed by atoms with E-state index in [1.807, 2.05) is 36.4 Å². The summed E-state index contributed by atoms with van der Waals surface area (Å²) in [5, 5.41) is 1.21. The molecule has 4 aromatic rings. The molecule has 0 atom stereocenters. The summed E-state index contributed by atoms with van der Waals surface area (Å²) in [7, 11) is 1.41. The zero-order valence-corrected chi connectivity index (χ0v) is 15.5. The Bertz CT molecular complexity index is 1110. The summed E-state index contributed by atoms with van der Waals surface area (Å²) in [6.45, 7) is 2.10. The zero-order chi connectivity index (χ0) is 18.8. The van der Waals surface area contributed by atoms with Crippen LogP contribution in [0.15, 0.2) is 72.8 Å². The standard InChI is InChI=1S/C24H21NO2/c1-16-11-12-20-21(15-17-7-6-10-19(14-17)24(26)27-2)23(25-22(20)13-16)18-8-4-3-5-9-18/h3-14,25H,15H2,1-2H3. The van der Waals surface area contributed by atoms with Crippen LogP contribution in [0.25, 0.3) is 22.2 Å². The maximum absolute atomic E-state index is 11.9. The number of methoxy groups -OCH3 is 1. The van der Waals surface area contributed by atoms with Crippen LogP contribution < -0.4 is 0 Å². The first-order chi connectivity index (χ1) is 13.2. The van der Waals surface area contributed by atoms with E-state index in [0.29, 0.717) is 5.56 Å². The third-order valence-electron chi connectivity index (χ3n) is 4.85. The van der Waals surface area contributed by atoms with Crippen molar-refractivity contribution in [3.8, 4) is 11.3 Å². The van der Waals surface area contributed by atoms with E-state index in [0.717, 1.165) is 28.8 Å². The summed E-state index contributed by atoms with van der Waals surface area (Å²) < 4.78 is 4.86. The van der Waals surface area contributed by atoms with Gasteiger partial charge in [0.05, 0.1) is 18.4 Å². The van der Waals surface area contributed by atoms with Crippen molar-refractivity contribution < 1.29 is 9.53 Å². The molecule has 4 rings (SSSR count). The lowest BCUT2D eigenvalue weighted by Gasteiger charge is -2.07. The Balaban J connectivity index is 1.84. The van der Waals surface area contributed by atoms with E-state index >= 15 is 0 Å². The van der Waals surface area contributed by atoms with Gasteiger partial charge in [0.15, 0.2) is 0 Å².